The van der Waals surface area contributed by atoms with E-state index in [4.69, 9.17) is 0 Å². The van der Waals surface area contributed by atoms with Crippen LogP contribution in [0.25, 0.3) is 0 Å². The largest absolute Gasteiger partial charge is 0.315 e. The van der Waals surface area contributed by atoms with Crippen molar-refractivity contribution >= 4 is 12.7 Å². The molecule has 0 aromatic rings. The first kappa shape index (κ1) is 19.7. The van der Waals surface area contributed by atoms with E-state index in [0.717, 1.165) is 38.5 Å². The summed E-state index contributed by atoms with van der Waals surface area (Å²) in [5, 5.41) is 0. The number of hydrogen-bond acceptors (Lipinski definition) is 2. The fraction of sp³-hybridized carbons (Fsp3) is 0.955. The molecule has 3 aliphatic rings. The second-order valence-corrected chi connectivity index (χ2v) is 13.0. The lowest BCUT2D eigenvalue weighted by Gasteiger charge is -2.43. The van der Waals surface area contributed by atoms with Crippen LogP contribution < -0.4 is 0 Å². The lowest BCUT2D eigenvalue weighted by atomic mass is 9.70. The minimum Gasteiger partial charge on any atom is -0.315 e. The van der Waals surface area contributed by atoms with Gasteiger partial charge in [-0.15, -0.1) is 0 Å². The zero-order chi connectivity index (χ0) is 18.0. The molecule has 0 bridgehead atoms. The first-order valence-corrected chi connectivity index (χ1v) is 12.9. The van der Waals surface area contributed by atoms with E-state index >= 15 is 0 Å². The monoisotopic (exact) mass is 366 g/mol. The lowest BCUT2D eigenvalue weighted by Crippen LogP contribution is -2.39. The summed E-state index contributed by atoms with van der Waals surface area (Å²) < 4.78 is 14.5. The molecular weight excluding hydrogens is 327 g/mol. The molecule has 3 rings (SSSR count). The first-order chi connectivity index (χ1) is 11.9. The predicted octanol–water partition coefficient (Wildman–Crippen LogP) is 6.86. The average molecular weight is 367 g/mol. The summed E-state index contributed by atoms with van der Waals surface area (Å²) in [4.78, 5) is 13.9. The molecular formula is C22H39O2P. The van der Waals surface area contributed by atoms with E-state index in [1.54, 1.807) is 0 Å². The molecule has 0 aromatic heterocycles. The molecule has 0 spiro atoms. The van der Waals surface area contributed by atoms with Crippen LogP contribution in [0.3, 0.4) is 0 Å². The van der Waals surface area contributed by atoms with Crippen LogP contribution in [0.1, 0.15) is 97.8 Å². The zero-order valence-electron chi connectivity index (χ0n) is 16.7. The Bertz CT molecular complexity index is 468. The number of hydrogen-bond donors (Lipinski definition) is 0. The molecule has 0 heterocycles. The molecule has 0 N–H and O–H groups in total. The van der Waals surface area contributed by atoms with Crippen molar-refractivity contribution in [1.82, 2.24) is 0 Å². The van der Waals surface area contributed by atoms with Crippen LogP contribution in [0.2, 0.25) is 0 Å². The Morgan fingerprint density at radius 3 is 1.52 bits per heavy atom. The van der Waals surface area contributed by atoms with Crippen LogP contribution >= 0.6 is 7.14 Å². The van der Waals surface area contributed by atoms with Gasteiger partial charge in [-0.2, -0.15) is 0 Å². The smallest absolute Gasteiger partial charge is 0.195 e. The Hall–Kier alpha value is -0.100. The number of carbonyl (C=O) groups is 1. The fourth-order valence-electron chi connectivity index (χ4n) is 6.53. The minimum absolute atomic E-state index is 0.0610. The van der Waals surface area contributed by atoms with E-state index in [-0.39, 0.29) is 22.8 Å². The summed E-state index contributed by atoms with van der Waals surface area (Å²) in [6.07, 6.45) is 13.7. The Morgan fingerprint density at radius 1 is 0.720 bits per heavy atom. The average Bonchev–Trinajstić information content (AvgIpc) is 2.61. The van der Waals surface area contributed by atoms with Crippen LogP contribution in [-0.4, -0.2) is 16.8 Å². The van der Waals surface area contributed by atoms with Gasteiger partial charge in [-0.05, 0) is 56.3 Å². The highest BCUT2D eigenvalue weighted by Crippen LogP contribution is 2.66. The molecule has 3 aliphatic carbocycles. The van der Waals surface area contributed by atoms with E-state index in [1.807, 2.05) is 0 Å². The predicted molar refractivity (Wildman–Crippen MR) is 107 cm³/mol. The van der Waals surface area contributed by atoms with Crippen molar-refractivity contribution in [2.24, 2.45) is 23.7 Å². The molecule has 0 saturated heterocycles. The van der Waals surface area contributed by atoms with Crippen LogP contribution in [0.4, 0.5) is 0 Å². The molecule has 2 unspecified atom stereocenters. The third kappa shape index (κ3) is 3.95. The Kier molecular flexibility index (Phi) is 6.51. The maximum Gasteiger partial charge on any atom is 0.195 e. The summed E-state index contributed by atoms with van der Waals surface area (Å²) in [5.41, 5.74) is 0.685. The minimum atomic E-state index is -2.76. The number of carbonyl (C=O) groups excluding carboxylic acids is 1. The van der Waals surface area contributed by atoms with Gasteiger partial charge in [0, 0.05) is 17.2 Å². The molecule has 25 heavy (non-hydrogen) atoms. The second-order valence-electron chi connectivity index (χ2n) is 9.69. The van der Waals surface area contributed by atoms with Crippen molar-refractivity contribution in [3.63, 3.8) is 0 Å². The molecule has 2 atom stereocenters. The summed E-state index contributed by atoms with van der Waals surface area (Å²) in [5.74, 6) is 1.59. The second kappa shape index (κ2) is 8.28. The van der Waals surface area contributed by atoms with Crippen molar-refractivity contribution in [2.45, 2.75) is 109 Å². The van der Waals surface area contributed by atoms with Gasteiger partial charge in [-0.25, -0.2) is 0 Å². The summed E-state index contributed by atoms with van der Waals surface area (Å²) in [6, 6.07) is 0. The third-order valence-corrected chi connectivity index (χ3v) is 11.8. The van der Waals surface area contributed by atoms with Crippen molar-refractivity contribution in [3.8, 4) is 0 Å². The van der Waals surface area contributed by atoms with Gasteiger partial charge in [0.1, 0.15) is 0 Å². The van der Waals surface area contributed by atoms with E-state index in [0.29, 0.717) is 17.8 Å². The number of rotatable bonds is 4. The molecule has 3 saturated carbocycles. The molecule has 144 valence electrons. The standard InChI is InChI=1S/C22H39O2P/c1-16-14-17(2)21(18(3)15-16)22(23)25(24,19-10-6-4-7-11-19)20-12-8-5-9-13-20/h16-21H,4-15H2,1-3H3. The van der Waals surface area contributed by atoms with Gasteiger partial charge in [-0.3, -0.25) is 4.79 Å². The molecule has 2 nitrogen and oxygen atoms in total. The quantitative estimate of drug-likeness (QED) is 0.509. The van der Waals surface area contributed by atoms with Gasteiger partial charge in [0.2, 0.25) is 0 Å². The van der Waals surface area contributed by atoms with E-state index in [1.165, 1.54) is 38.5 Å². The maximum absolute atomic E-state index is 14.5. The highest BCUT2D eigenvalue weighted by atomic mass is 31.2. The van der Waals surface area contributed by atoms with E-state index < -0.39 is 7.14 Å². The van der Waals surface area contributed by atoms with Crippen LogP contribution in [-0.2, 0) is 9.36 Å². The molecule has 0 aliphatic heterocycles. The highest BCUT2D eigenvalue weighted by Gasteiger charge is 2.51. The summed E-state index contributed by atoms with van der Waals surface area (Å²) in [7, 11) is -2.76. The van der Waals surface area contributed by atoms with Crippen molar-refractivity contribution < 1.29 is 9.36 Å². The molecule has 0 radical (unpaired) electrons. The zero-order valence-corrected chi connectivity index (χ0v) is 17.6. The summed E-state index contributed by atoms with van der Waals surface area (Å²) in [6.45, 7) is 6.82. The SMILES string of the molecule is CC1CC(C)C(C(=O)P(=O)(C2CCCCC2)C2CCCCC2)C(C)C1. The van der Waals surface area contributed by atoms with E-state index in [9.17, 15) is 9.36 Å². The van der Waals surface area contributed by atoms with E-state index in [2.05, 4.69) is 20.8 Å². The maximum atomic E-state index is 14.5. The molecule has 0 amide bonds. The van der Waals surface area contributed by atoms with Crippen LogP contribution in [0.5, 0.6) is 0 Å². The topological polar surface area (TPSA) is 34.1 Å². The fourth-order valence-corrected chi connectivity index (χ4v) is 11.1. The Morgan fingerprint density at radius 2 is 1.12 bits per heavy atom. The van der Waals surface area contributed by atoms with Crippen molar-refractivity contribution in [1.29, 1.82) is 0 Å². The van der Waals surface area contributed by atoms with Gasteiger partial charge in [-0.1, -0.05) is 59.3 Å². The highest BCUT2D eigenvalue weighted by molar-refractivity contribution is 7.81. The van der Waals surface area contributed by atoms with Gasteiger partial charge in [0.05, 0.1) is 0 Å². The van der Waals surface area contributed by atoms with Crippen molar-refractivity contribution in [3.05, 3.63) is 0 Å². The molecule has 3 heteroatoms. The van der Waals surface area contributed by atoms with Gasteiger partial charge in [0.25, 0.3) is 0 Å². The van der Waals surface area contributed by atoms with Gasteiger partial charge in [0.15, 0.2) is 12.7 Å². The van der Waals surface area contributed by atoms with Gasteiger partial charge >= 0.3 is 0 Å². The van der Waals surface area contributed by atoms with Crippen LogP contribution in [0.15, 0.2) is 0 Å². The molecule has 3 fully saturated rings. The van der Waals surface area contributed by atoms with Crippen molar-refractivity contribution in [2.75, 3.05) is 0 Å². The normalized spacial score (nSPS) is 36.3. The molecule has 0 aromatic carbocycles. The van der Waals surface area contributed by atoms with Crippen LogP contribution in [0, 0.1) is 23.7 Å². The first-order valence-electron chi connectivity index (χ1n) is 11.1. The summed E-state index contributed by atoms with van der Waals surface area (Å²) >= 11 is 0. The Labute approximate surface area is 155 Å². The Balaban J connectivity index is 1.89. The van der Waals surface area contributed by atoms with Gasteiger partial charge < -0.3 is 4.57 Å². The third-order valence-electron chi connectivity index (χ3n) is 7.64. The lowest BCUT2D eigenvalue weighted by molar-refractivity contribution is -0.120.